The Balaban J connectivity index is 2.28. The van der Waals surface area contributed by atoms with Gasteiger partial charge in [-0.2, -0.15) is 0 Å². The monoisotopic (exact) mass is 264 g/mol. The van der Waals surface area contributed by atoms with Gasteiger partial charge in [-0.15, -0.1) is 0 Å². The minimum absolute atomic E-state index is 0.0308. The fourth-order valence-corrected chi connectivity index (χ4v) is 1.63. The number of amides is 1. The molecule has 1 amide bonds. The Morgan fingerprint density at radius 1 is 1.39 bits per heavy atom. The third-order valence-corrected chi connectivity index (χ3v) is 2.66. The second kappa shape index (κ2) is 5.14. The van der Waals surface area contributed by atoms with Crippen LogP contribution >= 0.6 is 11.6 Å². The third-order valence-electron chi connectivity index (χ3n) is 2.36. The van der Waals surface area contributed by atoms with Gasteiger partial charge in [0.05, 0.1) is 10.6 Å². The molecule has 0 aliphatic carbocycles. The van der Waals surface area contributed by atoms with Gasteiger partial charge in [0.2, 0.25) is 0 Å². The summed E-state index contributed by atoms with van der Waals surface area (Å²) in [5, 5.41) is 2.78. The molecule has 0 radical (unpaired) electrons. The van der Waals surface area contributed by atoms with Gasteiger partial charge in [-0.25, -0.2) is 9.37 Å². The molecule has 0 unspecified atom stereocenters. The highest BCUT2D eigenvalue weighted by atomic mass is 35.5. The number of pyridine rings is 1. The van der Waals surface area contributed by atoms with E-state index in [1.54, 1.807) is 25.1 Å². The number of nitrogens with zero attached hydrogens (tertiary/aromatic N) is 1. The maximum Gasteiger partial charge on any atom is 0.259 e. The van der Waals surface area contributed by atoms with Gasteiger partial charge in [0.1, 0.15) is 5.82 Å². The number of halogens is 2. The topological polar surface area (TPSA) is 42.0 Å². The van der Waals surface area contributed by atoms with Gasteiger partial charge in [-0.05, 0) is 31.2 Å². The molecular formula is C13H10ClFN2O. The van der Waals surface area contributed by atoms with Crippen molar-refractivity contribution in [1.29, 1.82) is 0 Å². The van der Waals surface area contributed by atoms with Crippen molar-refractivity contribution in [3.05, 3.63) is 58.5 Å². The molecule has 0 aliphatic rings. The van der Waals surface area contributed by atoms with Crippen LogP contribution in [0.2, 0.25) is 5.02 Å². The molecular weight excluding hydrogens is 255 g/mol. The van der Waals surface area contributed by atoms with E-state index in [9.17, 15) is 9.18 Å². The maximum atomic E-state index is 13.5. The average molecular weight is 265 g/mol. The summed E-state index contributed by atoms with van der Waals surface area (Å²) in [5.41, 5.74) is 0.769. The minimum Gasteiger partial charge on any atom is -0.305 e. The van der Waals surface area contributed by atoms with Crippen molar-refractivity contribution in [2.75, 3.05) is 5.32 Å². The molecule has 1 N–H and O–H groups in total. The van der Waals surface area contributed by atoms with E-state index in [2.05, 4.69) is 10.3 Å². The lowest BCUT2D eigenvalue weighted by Crippen LogP contribution is -2.15. The quantitative estimate of drug-likeness (QED) is 0.903. The van der Waals surface area contributed by atoms with Crippen LogP contribution in [0.5, 0.6) is 0 Å². The van der Waals surface area contributed by atoms with Crippen LogP contribution in [0.1, 0.15) is 15.9 Å². The zero-order valence-electron chi connectivity index (χ0n) is 9.58. The second-order valence-corrected chi connectivity index (χ2v) is 4.18. The van der Waals surface area contributed by atoms with Crippen molar-refractivity contribution in [3.8, 4) is 0 Å². The van der Waals surface area contributed by atoms with Crippen LogP contribution in [0.3, 0.4) is 0 Å². The van der Waals surface area contributed by atoms with E-state index in [-0.39, 0.29) is 11.4 Å². The molecule has 5 heteroatoms. The van der Waals surface area contributed by atoms with Crippen LogP contribution in [0, 0.1) is 12.7 Å². The molecule has 1 heterocycles. The molecule has 2 rings (SSSR count). The number of hydrogen-bond acceptors (Lipinski definition) is 2. The summed E-state index contributed by atoms with van der Waals surface area (Å²) in [6.07, 6.45) is 1.49. The van der Waals surface area contributed by atoms with Crippen LogP contribution < -0.4 is 5.32 Å². The lowest BCUT2D eigenvalue weighted by Gasteiger charge is -2.07. The Labute approximate surface area is 109 Å². The van der Waals surface area contributed by atoms with E-state index in [4.69, 9.17) is 11.6 Å². The van der Waals surface area contributed by atoms with Crippen molar-refractivity contribution in [1.82, 2.24) is 4.98 Å². The summed E-state index contributed by atoms with van der Waals surface area (Å²) in [7, 11) is 0. The number of carbonyl (C=O) groups excluding carboxylic acids is 1. The number of hydrogen-bond donors (Lipinski definition) is 1. The number of anilines is 1. The summed E-state index contributed by atoms with van der Waals surface area (Å²) >= 11 is 5.86. The average Bonchev–Trinajstić information content (AvgIpc) is 2.35. The summed E-state index contributed by atoms with van der Waals surface area (Å²) in [5.74, 6) is -0.938. The Hall–Kier alpha value is -1.94. The van der Waals surface area contributed by atoms with E-state index in [0.29, 0.717) is 5.02 Å². The van der Waals surface area contributed by atoms with Gasteiger partial charge >= 0.3 is 0 Å². The number of nitrogens with one attached hydrogen (secondary N) is 1. The SMILES string of the molecule is Cc1ccc(F)c(C(=O)Nc2ncccc2Cl)c1. The van der Waals surface area contributed by atoms with Gasteiger partial charge in [-0.3, -0.25) is 4.79 Å². The van der Waals surface area contributed by atoms with Gasteiger partial charge in [-0.1, -0.05) is 23.2 Å². The van der Waals surface area contributed by atoms with Crippen molar-refractivity contribution < 1.29 is 9.18 Å². The van der Waals surface area contributed by atoms with Gasteiger partial charge < -0.3 is 5.32 Å². The van der Waals surface area contributed by atoms with Gasteiger partial charge in [0.25, 0.3) is 5.91 Å². The van der Waals surface area contributed by atoms with Crippen molar-refractivity contribution in [2.45, 2.75) is 6.92 Å². The Morgan fingerprint density at radius 3 is 2.89 bits per heavy atom. The molecule has 3 nitrogen and oxygen atoms in total. The second-order valence-electron chi connectivity index (χ2n) is 3.77. The fraction of sp³-hybridized carbons (Fsp3) is 0.0769. The minimum atomic E-state index is -0.579. The van der Waals surface area contributed by atoms with Crippen LogP contribution in [0.4, 0.5) is 10.2 Å². The van der Waals surface area contributed by atoms with Gasteiger partial charge in [0, 0.05) is 6.20 Å². The summed E-state index contributed by atoms with van der Waals surface area (Å²) in [6, 6.07) is 7.56. The first-order valence-electron chi connectivity index (χ1n) is 5.26. The third kappa shape index (κ3) is 2.65. The summed E-state index contributed by atoms with van der Waals surface area (Å²) in [4.78, 5) is 15.8. The highest BCUT2D eigenvalue weighted by Crippen LogP contribution is 2.19. The van der Waals surface area contributed by atoms with Crippen LogP contribution in [0.15, 0.2) is 36.5 Å². The van der Waals surface area contributed by atoms with Crippen molar-refractivity contribution >= 4 is 23.3 Å². The molecule has 0 spiro atoms. The molecule has 1 aromatic heterocycles. The number of benzene rings is 1. The summed E-state index contributed by atoms with van der Waals surface area (Å²) < 4.78 is 13.5. The molecule has 92 valence electrons. The Bertz CT molecular complexity index is 601. The Morgan fingerprint density at radius 2 is 2.17 bits per heavy atom. The molecule has 18 heavy (non-hydrogen) atoms. The zero-order valence-corrected chi connectivity index (χ0v) is 10.3. The molecule has 0 fully saturated rings. The molecule has 0 saturated carbocycles. The number of carbonyl (C=O) groups is 1. The first-order chi connectivity index (χ1) is 8.58. The van der Waals surface area contributed by atoms with E-state index >= 15 is 0 Å². The molecule has 0 bridgehead atoms. The standard InChI is InChI=1S/C13H10ClFN2O/c1-8-4-5-11(15)9(7-8)13(18)17-12-10(14)3-2-6-16-12/h2-7H,1H3,(H,16,17,18). The fourth-order valence-electron chi connectivity index (χ4n) is 1.47. The largest absolute Gasteiger partial charge is 0.305 e. The molecule has 0 saturated heterocycles. The van der Waals surface area contributed by atoms with E-state index in [1.165, 1.54) is 18.3 Å². The van der Waals surface area contributed by atoms with Crippen LogP contribution in [-0.4, -0.2) is 10.9 Å². The van der Waals surface area contributed by atoms with E-state index < -0.39 is 11.7 Å². The first-order valence-corrected chi connectivity index (χ1v) is 5.64. The first kappa shape index (κ1) is 12.5. The molecule has 0 atom stereocenters. The van der Waals surface area contributed by atoms with Crippen LogP contribution in [0.25, 0.3) is 0 Å². The maximum absolute atomic E-state index is 13.5. The van der Waals surface area contributed by atoms with Gasteiger partial charge in [0.15, 0.2) is 5.82 Å². The normalized spacial score (nSPS) is 10.2. The lowest BCUT2D eigenvalue weighted by atomic mass is 10.1. The number of aromatic nitrogens is 1. The van der Waals surface area contributed by atoms with Crippen molar-refractivity contribution in [2.24, 2.45) is 0 Å². The lowest BCUT2D eigenvalue weighted by molar-refractivity contribution is 0.102. The highest BCUT2D eigenvalue weighted by molar-refractivity contribution is 6.33. The smallest absolute Gasteiger partial charge is 0.259 e. The molecule has 1 aromatic carbocycles. The number of aryl methyl sites for hydroxylation is 1. The predicted molar refractivity (Wildman–Crippen MR) is 68.3 cm³/mol. The Kier molecular flexibility index (Phi) is 3.58. The zero-order chi connectivity index (χ0) is 13.1. The van der Waals surface area contributed by atoms with Crippen LogP contribution in [-0.2, 0) is 0 Å². The highest BCUT2D eigenvalue weighted by Gasteiger charge is 2.13. The molecule has 0 aliphatic heterocycles. The van der Waals surface area contributed by atoms with Crippen molar-refractivity contribution in [3.63, 3.8) is 0 Å². The van der Waals surface area contributed by atoms with E-state index in [1.807, 2.05) is 0 Å². The number of rotatable bonds is 2. The van der Waals surface area contributed by atoms with E-state index in [0.717, 1.165) is 5.56 Å². The predicted octanol–water partition coefficient (Wildman–Crippen LogP) is 3.43. The molecule has 2 aromatic rings. The summed E-state index contributed by atoms with van der Waals surface area (Å²) in [6.45, 7) is 1.78.